The van der Waals surface area contributed by atoms with Crippen LogP contribution in [0.15, 0.2) is 23.2 Å². The molecule has 0 aromatic heterocycles. The second-order valence-corrected chi connectivity index (χ2v) is 8.85. The number of rotatable bonds is 6. The minimum Gasteiger partial charge on any atom is -0.344 e. The van der Waals surface area contributed by atoms with Gasteiger partial charge in [-0.1, -0.05) is 63.9 Å². The second kappa shape index (κ2) is 7.99. The molecule has 2 aliphatic rings. The van der Waals surface area contributed by atoms with E-state index in [-0.39, 0.29) is 16.1 Å². The molecule has 0 atom stereocenters. The van der Waals surface area contributed by atoms with Crippen LogP contribution in [0, 0.1) is 16.0 Å². The number of nitro groups is 1. The van der Waals surface area contributed by atoms with Gasteiger partial charge in [0.2, 0.25) is 0 Å². The molecule has 1 saturated heterocycles. The number of aliphatic imine (C=N–C) groups is 1. The van der Waals surface area contributed by atoms with Crippen molar-refractivity contribution in [2.24, 2.45) is 10.9 Å². The van der Waals surface area contributed by atoms with Crippen LogP contribution < -0.4 is 0 Å². The highest BCUT2D eigenvalue weighted by molar-refractivity contribution is 8.14. The van der Waals surface area contributed by atoms with Gasteiger partial charge in [-0.15, -0.1) is 0 Å². The Morgan fingerprint density at radius 1 is 1.35 bits per heavy atom. The standard InChI is InChI=1S/C20H29N3O2S/c1-4-8-16-9-7-10-17(18(16)23(24)25)21-19-22(13-15(2)3)20(14-26-19)11-5-6-12-20/h7,9-10,15H,4-6,8,11-14H2,1-3H3. The fourth-order valence-electron chi connectivity index (χ4n) is 4.19. The van der Waals surface area contributed by atoms with E-state index in [2.05, 4.69) is 18.7 Å². The highest BCUT2D eigenvalue weighted by atomic mass is 32.2. The molecule has 5 nitrogen and oxygen atoms in total. The highest BCUT2D eigenvalue weighted by Crippen LogP contribution is 2.46. The van der Waals surface area contributed by atoms with Crippen LogP contribution in [-0.2, 0) is 6.42 Å². The molecule has 1 aromatic rings. The summed E-state index contributed by atoms with van der Waals surface area (Å²) in [6.07, 6.45) is 6.57. The Morgan fingerprint density at radius 2 is 2.08 bits per heavy atom. The van der Waals surface area contributed by atoms with Crippen molar-refractivity contribution in [2.75, 3.05) is 12.3 Å². The van der Waals surface area contributed by atoms with Crippen LogP contribution in [0.2, 0.25) is 0 Å². The van der Waals surface area contributed by atoms with E-state index in [1.54, 1.807) is 17.8 Å². The molecule has 1 saturated carbocycles. The summed E-state index contributed by atoms with van der Waals surface area (Å²) in [6, 6.07) is 5.55. The number of hydrogen-bond donors (Lipinski definition) is 0. The fourth-order valence-corrected chi connectivity index (χ4v) is 5.62. The van der Waals surface area contributed by atoms with E-state index in [9.17, 15) is 10.1 Å². The van der Waals surface area contributed by atoms with E-state index in [1.165, 1.54) is 25.7 Å². The maximum atomic E-state index is 11.7. The summed E-state index contributed by atoms with van der Waals surface area (Å²) < 4.78 is 0. The largest absolute Gasteiger partial charge is 0.344 e. The van der Waals surface area contributed by atoms with Gasteiger partial charge in [0.25, 0.3) is 5.69 Å². The molecule has 0 bridgehead atoms. The van der Waals surface area contributed by atoms with Crippen molar-refractivity contribution in [3.05, 3.63) is 33.9 Å². The zero-order valence-corrected chi connectivity index (χ0v) is 16.8. The van der Waals surface area contributed by atoms with Gasteiger partial charge in [0.15, 0.2) is 5.17 Å². The lowest BCUT2D eigenvalue weighted by Crippen LogP contribution is -2.46. The normalized spacial score (nSPS) is 20.6. The van der Waals surface area contributed by atoms with Crippen molar-refractivity contribution in [1.82, 2.24) is 4.90 Å². The molecule has 2 fully saturated rings. The van der Waals surface area contributed by atoms with E-state index in [4.69, 9.17) is 4.99 Å². The summed E-state index contributed by atoms with van der Waals surface area (Å²) in [5.74, 6) is 1.60. The SMILES string of the molecule is CCCc1cccc(N=C2SCC3(CCCC3)N2CC(C)C)c1[N+](=O)[O-]. The Kier molecular flexibility index (Phi) is 5.90. The minimum atomic E-state index is -0.262. The van der Waals surface area contributed by atoms with Gasteiger partial charge in [0, 0.05) is 17.9 Å². The fraction of sp³-hybridized carbons (Fsp3) is 0.650. The van der Waals surface area contributed by atoms with Crippen molar-refractivity contribution >= 4 is 28.3 Å². The molecule has 1 aromatic carbocycles. The molecule has 6 heteroatoms. The van der Waals surface area contributed by atoms with Crippen molar-refractivity contribution in [3.8, 4) is 0 Å². The van der Waals surface area contributed by atoms with Crippen molar-refractivity contribution in [3.63, 3.8) is 0 Å². The van der Waals surface area contributed by atoms with Crippen LogP contribution in [-0.4, -0.2) is 32.8 Å². The molecule has 1 spiro atoms. The van der Waals surface area contributed by atoms with E-state index < -0.39 is 0 Å². The van der Waals surface area contributed by atoms with Gasteiger partial charge in [-0.05, 0) is 31.2 Å². The van der Waals surface area contributed by atoms with E-state index in [0.717, 1.165) is 29.4 Å². The summed E-state index contributed by atoms with van der Waals surface area (Å²) in [4.78, 5) is 18.8. The summed E-state index contributed by atoms with van der Waals surface area (Å²) in [5.41, 5.74) is 1.68. The molecular weight excluding hydrogens is 346 g/mol. The van der Waals surface area contributed by atoms with Crippen LogP contribution >= 0.6 is 11.8 Å². The number of nitro benzene ring substituents is 1. The quantitative estimate of drug-likeness (QED) is 0.483. The summed E-state index contributed by atoms with van der Waals surface area (Å²) in [5, 5.41) is 12.7. The lowest BCUT2D eigenvalue weighted by atomic mass is 9.97. The van der Waals surface area contributed by atoms with Crippen LogP contribution in [0.4, 0.5) is 11.4 Å². The number of amidine groups is 1. The number of aryl methyl sites for hydroxylation is 1. The highest BCUT2D eigenvalue weighted by Gasteiger charge is 2.46. The number of nitrogens with zero attached hydrogens (tertiary/aromatic N) is 3. The number of benzene rings is 1. The van der Waals surface area contributed by atoms with Gasteiger partial charge >= 0.3 is 0 Å². The van der Waals surface area contributed by atoms with E-state index >= 15 is 0 Å². The Labute approximate surface area is 160 Å². The molecule has 1 aliphatic heterocycles. The van der Waals surface area contributed by atoms with Gasteiger partial charge in [-0.2, -0.15) is 0 Å². The van der Waals surface area contributed by atoms with Crippen LogP contribution in [0.3, 0.4) is 0 Å². The Balaban J connectivity index is 2.00. The number of para-hydroxylation sites is 1. The third-order valence-corrected chi connectivity index (χ3v) is 6.62. The molecular formula is C20H29N3O2S. The summed E-state index contributed by atoms with van der Waals surface area (Å²) in [7, 11) is 0. The molecule has 1 heterocycles. The first-order valence-electron chi connectivity index (χ1n) is 9.72. The van der Waals surface area contributed by atoms with Crippen molar-refractivity contribution in [2.45, 2.75) is 64.8 Å². The van der Waals surface area contributed by atoms with Gasteiger partial charge in [0.05, 0.1) is 10.5 Å². The van der Waals surface area contributed by atoms with Gasteiger partial charge in [-0.25, -0.2) is 4.99 Å². The number of thioether (sulfide) groups is 1. The van der Waals surface area contributed by atoms with Crippen molar-refractivity contribution in [1.29, 1.82) is 0 Å². The monoisotopic (exact) mass is 375 g/mol. The lowest BCUT2D eigenvalue weighted by Gasteiger charge is -2.36. The van der Waals surface area contributed by atoms with E-state index in [0.29, 0.717) is 18.0 Å². The molecule has 3 rings (SSSR count). The van der Waals surface area contributed by atoms with Crippen LogP contribution in [0.5, 0.6) is 0 Å². The average molecular weight is 376 g/mol. The number of hydrogen-bond acceptors (Lipinski definition) is 4. The maximum absolute atomic E-state index is 11.7. The molecule has 0 amide bonds. The second-order valence-electron chi connectivity index (χ2n) is 7.91. The first-order chi connectivity index (χ1) is 12.5. The molecule has 142 valence electrons. The van der Waals surface area contributed by atoms with Crippen molar-refractivity contribution < 1.29 is 4.92 Å². The average Bonchev–Trinajstić information content (AvgIpc) is 3.18. The Morgan fingerprint density at radius 3 is 2.69 bits per heavy atom. The van der Waals surface area contributed by atoms with Crippen LogP contribution in [0.1, 0.15) is 58.4 Å². The third-order valence-electron chi connectivity index (χ3n) is 5.37. The predicted octanol–water partition coefficient (Wildman–Crippen LogP) is 5.55. The first kappa shape index (κ1) is 19.2. The molecule has 26 heavy (non-hydrogen) atoms. The summed E-state index contributed by atoms with van der Waals surface area (Å²) >= 11 is 1.78. The molecule has 0 N–H and O–H groups in total. The predicted molar refractivity (Wildman–Crippen MR) is 109 cm³/mol. The van der Waals surface area contributed by atoms with Gasteiger partial charge < -0.3 is 4.90 Å². The molecule has 0 radical (unpaired) electrons. The smallest absolute Gasteiger partial charge is 0.298 e. The Bertz CT molecular complexity index is 696. The minimum absolute atomic E-state index is 0.180. The lowest BCUT2D eigenvalue weighted by molar-refractivity contribution is -0.384. The van der Waals surface area contributed by atoms with E-state index in [1.807, 2.05) is 19.1 Å². The zero-order chi connectivity index (χ0) is 18.7. The van der Waals surface area contributed by atoms with Crippen LogP contribution in [0.25, 0.3) is 0 Å². The molecule has 0 unspecified atom stereocenters. The molecule has 1 aliphatic carbocycles. The zero-order valence-electron chi connectivity index (χ0n) is 16.0. The first-order valence-corrected chi connectivity index (χ1v) is 10.7. The maximum Gasteiger partial charge on any atom is 0.298 e. The van der Waals surface area contributed by atoms with Gasteiger partial charge in [0.1, 0.15) is 5.69 Å². The van der Waals surface area contributed by atoms with Gasteiger partial charge in [-0.3, -0.25) is 10.1 Å². The topological polar surface area (TPSA) is 58.7 Å². The third kappa shape index (κ3) is 3.75. The summed E-state index contributed by atoms with van der Waals surface area (Å²) in [6.45, 7) is 7.47. The Hall–Kier alpha value is -1.56.